The number of hydrogen-bond acceptors (Lipinski definition) is 5. The lowest BCUT2D eigenvalue weighted by Gasteiger charge is -2.16. The molecule has 1 atom stereocenters. The predicted molar refractivity (Wildman–Crippen MR) is 126 cm³/mol. The highest BCUT2D eigenvalue weighted by Gasteiger charge is 2.34. The van der Waals surface area contributed by atoms with Gasteiger partial charge in [0.05, 0.1) is 10.8 Å². The van der Waals surface area contributed by atoms with Crippen LogP contribution in [0.4, 0.5) is 10.1 Å². The van der Waals surface area contributed by atoms with Gasteiger partial charge in [-0.2, -0.15) is 0 Å². The first-order valence-electron chi connectivity index (χ1n) is 11.3. The van der Waals surface area contributed by atoms with E-state index < -0.39 is 15.9 Å². The van der Waals surface area contributed by atoms with Gasteiger partial charge in [0.25, 0.3) is 0 Å². The maximum atomic E-state index is 13.0. The molecule has 1 heterocycles. The maximum absolute atomic E-state index is 13.0. The number of nitrogens with zero attached hydrogens (tertiary/aromatic N) is 1. The van der Waals surface area contributed by atoms with Crippen LogP contribution in [0.1, 0.15) is 25.3 Å². The molecule has 2 amide bonds. The third-order valence-corrected chi connectivity index (χ3v) is 7.04. The quantitative estimate of drug-likeness (QED) is 0.444. The lowest BCUT2D eigenvalue weighted by molar-refractivity contribution is -0.128. The zero-order valence-corrected chi connectivity index (χ0v) is 19.9. The molecule has 1 aliphatic heterocycles. The number of amides is 2. The summed E-state index contributed by atoms with van der Waals surface area (Å²) < 4.78 is 45.5. The Hall–Kier alpha value is -2.82. The van der Waals surface area contributed by atoms with Gasteiger partial charge >= 0.3 is 0 Å². The Bertz CT molecular complexity index is 1070. The van der Waals surface area contributed by atoms with E-state index in [0.717, 1.165) is 5.56 Å². The van der Waals surface area contributed by atoms with E-state index in [0.29, 0.717) is 44.8 Å². The van der Waals surface area contributed by atoms with Gasteiger partial charge in [-0.3, -0.25) is 9.59 Å². The van der Waals surface area contributed by atoms with Crippen LogP contribution in [-0.4, -0.2) is 58.0 Å². The van der Waals surface area contributed by atoms with Crippen molar-refractivity contribution in [3.05, 3.63) is 59.9 Å². The number of halogens is 1. The molecule has 2 N–H and O–H groups in total. The van der Waals surface area contributed by atoms with Crippen molar-refractivity contribution in [1.82, 2.24) is 9.62 Å². The molecule has 1 aliphatic rings. The monoisotopic (exact) mass is 491 g/mol. The minimum absolute atomic E-state index is 0.0980. The van der Waals surface area contributed by atoms with E-state index in [-0.39, 0.29) is 35.5 Å². The van der Waals surface area contributed by atoms with Gasteiger partial charge in [0.15, 0.2) is 0 Å². The highest BCUT2D eigenvalue weighted by atomic mass is 32.2. The van der Waals surface area contributed by atoms with Crippen molar-refractivity contribution in [3.63, 3.8) is 0 Å². The zero-order valence-electron chi connectivity index (χ0n) is 19.1. The zero-order chi connectivity index (χ0) is 24.6. The molecule has 0 aliphatic carbocycles. The molecule has 2 aromatic rings. The molecule has 2 aromatic carbocycles. The first-order chi connectivity index (χ1) is 16.3. The van der Waals surface area contributed by atoms with Gasteiger partial charge in [-0.25, -0.2) is 17.5 Å². The Labute approximate surface area is 199 Å². The van der Waals surface area contributed by atoms with Crippen molar-refractivity contribution < 1.29 is 27.1 Å². The third kappa shape index (κ3) is 7.34. The number of likely N-dealkylation sites (tertiary alicyclic amines) is 1. The molecule has 1 fully saturated rings. The van der Waals surface area contributed by atoms with Gasteiger partial charge in [-0.1, -0.05) is 12.1 Å². The molecule has 0 aromatic heterocycles. The van der Waals surface area contributed by atoms with Gasteiger partial charge < -0.3 is 15.0 Å². The summed E-state index contributed by atoms with van der Waals surface area (Å²) in [5.41, 5.74) is 1.37. The standard InChI is InChI=1S/C24H30FN3O5S/c1-2-33-15-3-13-26-34(31,32)22-10-8-21(9-11-22)27-24(30)19-16-23(29)28(17-19)14-12-18-4-6-20(25)7-5-18/h4-11,19,26H,2-3,12-17H2,1H3,(H,27,30). The van der Waals surface area contributed by atoms with Crippen LogP contribution in [0.5, 0.6) is 0 Å². The summed E-state index contributed by atoms with van der Waals surface area (Å²) in [5, 5.41) is 2.76. The molecule has 0 saturated carbocycles. The van der Waals surface area contributed by atoms with Gasteiger partial charge in [-0.15, -0.1) is 0 Å². The second-order valence-corrected chi connectivity index (χ2v) is 9.85. The van der Waals surface area contributed by atoms with Crippen LogP contribution in [0.15, 0.2) is 53.4 Å². The average molecular weight is 492 g/mol. The molecule has 0 bridgehead atoms. The van der Waals surface area contributed by atoms with Crippen LogP contribution in [0.2, 0.25) is 0 Å². The van der Waals surface area contributed by atoms with E-state index in [1.807, 2.05) is 6.92 Å². The smallest absolute Gasteiger partial charge is 0.240 e. The number of nitrogens with one attached hydrogen (secondary N) is 2. The molecule has 10 heteroatoms. The van der Waals surface area contributed by atoms with Crippen LogP contribution in [0, 0.1) is 11.7 Å². The van der Waals surface area contributed by atoms with E-state index in [1.165, 1.54) is 36.4 Å². The van der Waals surface area contributed by atoms with E-state index in [2.05, 4.69) is 10.0 Å². The van der Waals surface area contributed by atoms with Gasteiger partial charge in [-0.05, 0) is 61.7 Å². The van der Waals surface area contributed by atoms with Crippen molar-refractivity contribution in [2.24, 2.45) is 5.92 Å². The fraction of sp³-hybridized carbons (Fsp3) is 0.417. The molecule has 0 radical (unpaired) electrons. The van der Waals surface area contributed by atoms with Crippen LogP contribution in [-0.2, 0) is 30.8 Å². The first-order valence-corrected chi connectivity index (χ1v) is 12.8. The highest BCUT2D eigenvalue weighted by Crippen LogP contribution is 2.21. The fourth-order valence-electron chi connectivity index (χ4n) is 3.65. The molecular formula is C24H30FN3O5S. The average Bonchev–Trinajstić information content (AvgIpc) is 3.19. The Morgan fingerprint density at radius 2 is 1.85 bits per heavy atom. The van der Waals surface area contributed by atoms with E-state index in [1.54, 1.807) is 17.0 Å². The minimum Gasteiger partial charge on any atom is -0.382 e. The number of carbonyl (C=O) groups excluding carboxylic acids is 2. The molecule has 3 rings (SSSR count). The van der Waals surface area contributed by atoms with E-state index in [9.17, 15) is 22.4 Å². The summed E-state index contributed by atoms with van der Waals surface area (Å²) in [6, 6.07) is 12.0. The molecule has 184 valence electrons. The molecular weight excluding hydrogens is 461 g/mol. The lowest BCUT2D eigenvalue weighted by atomic mass is 10.1. The summed E-state index contributed by atoms with van der Waals surface area (Å²) in [6.07, 6.45) is 1.27. The number of anilines is 1. The van der Waals surface area contributed by atoms with Crippen molar-refractivity contribution in [2.75, 3.05) is 38.2 Å². The number of benzene rings is 2. The number of hydrogen-bond donors (Lipinski definition) is 2. The topological polar surface area (TPSA) is 105 Å². The number of carbonyl (C=O) groups is 2. The Morgan fingerprint density at radius 3 is 2.53 bits per heavy atom. The number of rotatable bonds is 12. The van der Waals surface area contributed by atoms with E-state index >= 15 is 0 Å². The molecule has 8 nitrogen and oxygen atoms in total. The second-order valence-electron chi connectivity index (χ2n) is 8.08. The van der Waals surface area contributed by atoms with Crippen LogP contribution in [0.3, 0.4) is 0 Å². The molecule has 0 spiro atoms. The maximum Gasteiger partial charge on any atom is 0.240 e. The van der Waals surface area contributed by atoms with Crippen LogP contribution >= 0.6 is 0 Å². The number of ether oxygens (including phenoxy) is 1. The summed E-state index contributed by atoms with van der Waals surface area (Å²) in [4.78, 5) is 26.7. The predicted octanol–water partition coefficient (Wildman–Crippen LogP) is 2.56. The Balaban J connectivity index is 1.48. The van der Waals surface area contributed by atoms with Crippen LogP contribution in [0.25, 0.3) is 0 Å². The summed E-state index contributed by atoms with van der Waals surface area (Å²) in [5.74, 6) is -1.19. The lowest BCUT2D eigenvalue weighted by Crippen LogP contribution is -2.30. The Kier molecular flexibility index (Phi) is 9.14. The van der Waals surface area contributed by atoms with E-state index in [4.69, 9.17) is 4.74 Å². The van der Waals surface area contributed by atoms with Crippen molar-refractivity contribution in [2.45, 2.75) is 31.1 Å². The molecule has 1 saturated heterocycles. The summed E-state index contributed by atoms with van der Waals surface area (Å²) >= 11 is 0. The van der Waals surface area contributed by atoms with Crippen molar-refractivity contribution in [3.8, 4) is 0 Å². The second kappa shape index (κ2) is 12.0. The van der Waals surface area contributed by atoms with Gasteiger partial charge in [0.1, 0.15) is 5.82 Å². The van der Waals surface area contributed by atoms with Crippen LogP contribution < -0.4 is 10.0 Å². The highest BCUT2D eigenvalue weighted by molar-refractivity contribution is 7.89. The SMILES string of the molecule is CCOCCCNS(=O)(=O)c1ccc(NC(=O)C2CC(=O)N(CCc3ccc(F)cc3)C2)cc1. The van der Waals surface area contributed by atoms with Crippen molar-refractivity contribution in [1.29, 1.82) is 0 Å². The first kappa shape index (κ1) is 25.8. The molecule has 34 heavy (non-hydrogen) atoms. The summed E-state index contributed by atoms with van der Waals surface area (Å²) in [6.45, 7) is 3.98. The Morgan fingerprint density at radius 1 is 1.15 bits per heavy atom. The third-order valence-electron chi connectivity index (χ3n) is 5.56. The van der Waals surface area contributed by atoms with Gasteiger partial charge in [0, 0.05) is 45.0 Å². The number of sulfonamides is 1. The fourth-order valence-corrected chi connectivity index (χ4v) is 4.72. The largest absolute Gasteiger partial charge is 0.382 e. The minimum atomic E-state index is -3.64. The molecule has 1 unspecified atom stereocenters. The van der Waals surface area contributed by atoms with Crippen molar-refractivity contribution >= 4 is 27.5 Å². The summed E-state index contributed by atoms with van der Waals surface area (Å²) in [7, 11) is -3.64. The normalized spacial score (nSPS) is 16.1. The van der Waals surface area contributed by atoms with Gasteiger partial charge in [0.2, 0.25) is 21.8 Å².